The van der Waals surface area contributed by atoms with Crippen LogP contribution < -0.4 is 0 Å². The summed E-state index contributed by atoms with van der Waals surface area (Å²) in [7, 11) is 0. The zero-order valence-electron chi connectivity index (χ0n) is 9.87. The first-order valence-corrected chi connectivity index (χ1v) is 6.04. The first-order chi connectivity index (χ1) is 8.84. The lowest BCUT2D eigenvalue weighted by atomic mass is 10.2. The van der Waals surface area contributed by atoms with E-state index in [1.807, 2.05) is 30.3 Å². The fourth-order valence-electron chi connectivity index (χ4n) is 2.26. The van der Waals surface area contributed by atoms with E-state index >= 15 is 0 Å². The van der Waals surface area contributed by atoms with Crippen molar-refractivity contribution >= 4 is 5.97 Å². The molecule has 0 fully saturated rings. The fourth-order valence-corrected chi connectivity index (χ4v) is 2.26. The Hall–Kier alpha value is -2.16. The number of hydrogen-bond acceptors (Lipinski definition) is 3. The molecule has 0 amide bonds. The first kappa shape index (κ1) is 11.0. The van der Waals surface area contributed by atoms with Gasteiger partial charge in [-0.05, 0) is 36.6 Å². The number of carbonyl (C=O) groups is 1. The molecule has 0 spiro atoms. The van der Waals surface area contributed by atoms with E-state index in [1.165, 1.54) is 5.56 Å². The van der Waals surface area contributed by atoms with Crippen molar-refractivity contribution in [3.63, 3.8) is 0 Å². The van der Waals surface area contributed by atoms with Gasteiger partial charge in [0.15, 0.2) is 0 Å². The van der Waals surface area contributed by atoms with E-state index in [1.54, 1.807) is 18.3 Å². The molecule has 1 aliphatic carbocycles. The van der Waals surface area contributed by atoms with Crippen LogP contribution >= 0.6 is 0 Å². The Bertz CT molecular complexity index is 566. The number of aromatic nitrogens is 1. The molecule has 3 nitrogen and oxygen atoms in total. The van der Waals surface area contributed by atoms with Crippen LogP contribution in [0.15, 0.2) is 48.7 Å². The summed E-state index contributed by atoms with van der Waals surface area (Å²) >= 11 is 0. The Labute approximate surface area is 105 Å². The van der Waals surface area contributed by atoms with E-state index in [0.717, 1.165) is 18.5 Å². The molecule has 3 heteroatoms. The highest BCUT2D eigenvalue weighted by atomic mass is 16.5. The zero-order valence-corrected chi connectivity index (χ0v) is 9.87. The summed E-state index contributed by atoms with van der Waals surface area (Å²) in [6.07, 6.45) is 3.29. The minimum atomic E-state index is -0.279. The minimum absolute atomic E-state index is 0.200. The lowest BCUT2D eigenvalue weighted by Gasteiger charge is -2.12. The van der Waals surface area contributed by atoms with Crippen LogP contribution in [0.25, 0.3) is 0 Å². The van der Waals surface area contributed by atoms with Crippen molar-refractivity contribution in [2.75, 3.05) is 0 Å². The number of nitrogens with zero attached hydrogens (tertiary/aromatic N) is 1. The lowest BCUT2D eigenvalue weighted by molar-refractivity contribution is 0.0293. The number of ether oxygens (including phenoxy) is 1. The zero-order chi connectivity index (χ0) is 12.4. The molecule has 0 unspecified atom stereocenters. The molecular weight excluding hydrogens is 226 g/mol. The van der Waals surface area contributed by atoms with Crippen LogP contribution in [0.3, 0.4) is 0 Å². The number of carbonyl (C=O) groups excluding carboxylic acids is 1. The monoisotopic (exact) mass is 239 g/mol. The van der Waals surface area contributed by atoms with Crippen molar-refractivity contribution in [2.24, 2.45) is 0 Å². The fraction of sp³-hybridized carbons (Fsp3) is 0.200. The van der Waals surface area contributed by atoms with Crippen LogP contribution in [0, 0.1) is 0 Å². The second kappa shape index (κ2) is 4.61. The van der Waals surface area contributed by atoms with Gasteiger partial charge in [0.1, 0.15) is 6.10 Å². The van der Waals surface area contributed by atoms with Crippen molar-refractivity contribution in [3.8, 4) is 0 Å². The summed E-state index contributed by atoms with van der Waals surface area (Å²) in [5.74, 6) is -0.279. The second-order valence-corrected chi connectivity index (χ2v) is 4.35. The Morgan fingerprint density at radius 3 is 2.83 bits per heavy atom. The van der Waals surface area contributed by atoms with Crippen molar-refractivity contribution in [2.45, 2.75) is 18.9 Å². The van der Waals surface area contributed by atoms with Crippen LogP contribution in [0.4, 0.5) is 0 Å². The molecule has 90 valence electrons. The molecule has 0 saturated carbocycles. The number of pyridine rings is 1. The number of aryl methyl sites for hydroxylation is 1. The van der Waals surface area contributed by atoms with Crippen LogP contribution in [0.5, 0.6) is 0 Å². The van der Waals surface area contributed by atoms with E-state index in [9.17, 15) is 4.79 Å². The highest BCUT2D eigenvalue weighted by Crippen LogP contribution is 2.32. The maximum absolute atomic E-state index is 12.0. The largest absolute Gasteiger partial charge is 0.452 e. The summed E-state index contributed by atoms with van der Waals surface area (Å²) in [5, 5.41) is 0. The van der Waals surface area contributed by atoms with Gasteiger partial charge in [0.25, 0.3) is 0 Å². The molecule has 1 heterocycles. The summed E-state index contributed by atoms with van der Waals surface area (Å²) < 4.78 is 5.52. The van der Waals surface area contributed by atoms with Crippen LogP contribution in [0.2, 0.25) is 0 Å². The van der Waals surface area contributed by atoms with Crippen LogP contribution in [0.1, 0.15) is 34.1 Å². The first-order valence-electron chi connectivity index (χ1n) is 6.04. The normalized spacial score (nSPS) is 17.2. The smallest absolute Gasteiger partial charge is 0.338 e. The number of rotatable bonds is 2. The summed E-state index contributed by atoms with van der Waals surface area (Å²) in [4.78, 5) is 16.3. The number of fused-ring (bicyclic) bond motifs is 1. The molecule has 1 atom stereocenters. The predicted molar refractivity (Wildman–Crippen MR) is 67.2 cm³/mol. The molecule has 0 radical (unpaired) electrons. The van der Waals surface area contributed by atoms with E-state index in [0.29, 0.717) is 5.56 Å². The van der Waals surface area contributed by atoms with Gasteiger partial charge in [0, 0.05) is 6.20 Å². The average molecular weight is 239 g/mol. The van der Waals surface area contributed by atoms with Crippen molar-refractivity contribution in [1.82, 2.24) is 4.98 Å². The van der Waals surface area contributed by atoms with Crippen LogP contribution in [-0.2, 0) is 11.2 Å². The molecular formula is C15H13NO2. The average Bonchev–Trinajstić information content (AvgIpc) is 2.83. The highest BCUT2D eigenvalue weighted by Gasteiger charge is 2.27. The highest BCUT2D eigenvalue weighted by molar-refractivity contribution is 5.89. The second-order valence-electron chi connectivity index (χ2n) is 4.35. The molecule has 1 aliphatic rings. The molecule has 18 heavy (non-hydrogen) atoms. The van der Waals surface area contributed by atoms with E-state index < -0.39 is 0 Å². The standard InChI is InChI=1S/C15H13NO2/c17-15(12-5-2-1-3-6-12)18-13-9-8-11-7-4-10-16-14(11)13/h1-7,10,13H,8-9H2/t13-/m1/s1. The van der Waals surface area contributed by atoms with Gasteiger partial charge in [-0.25, -0.2) is 4.79 Å². The van der Waals surface area contributed by atoms with E-state index in [4.69, 9.17) is 4.74 Å². The Balaban J connectivity index is 1.77. The van der Waals surface area contributed by atoms with Crippen LogP contribution in [-0.4, -0.2) is 11.0 Å². The van der Waals surface area contributed by atoms with Crippen molar-refractivity contribution in [3.05, 3.63) is 65.5 Å². The predicted octanol–water partition coefficient (Wildman–Crippen LogP) is 2.93. The van der Waals surface area contributed by atoms with Gasteiger partial charge in [-0.2, -0.15) is 0 Å². The SMILES string of the molecule is O=C(O[C@@H]1CCc2cccnc21)c1ccccc1. The van der Waals surface area contributed by atoms with Gasteiger partial charge < -0.3 is 4.74 Å². The lowest BCUT2D eigenvalue weighted by Crippen LogP contribution is -2.10. The molecule has 0 bridgehead atoms. The third-order valence-corrected chi connectivity index (χ3v) is 3.17. The van der Waals surface area contributed by atoms with E-state index in [-0.39, 0.29) is 12.1 Å². The Kier molecular flexibility index (Phi) is 2.81. The molecule has 1 aromatic carbocycles. The summed E-state index contributed by atoms with van der Waals surface area (Å²) in [6, 6.07) is 13.0. The molecule has 0 aliphatic heterocycles. The van der Waals surface area contributed by atoms with Gasteiger partial charge in [-0.3, -0.25) is 4.98 Å². The van der Waals surface area contributed by atoms with Gasteiger partial charge in [0.05, 0.1) is 11.3 Å². The Morgan fingerprint density at radius 2 is 2.00 bits per heavy atom. The molecule has 1 aromatic heterocycles. The molecule has 3 rings (SSSR count). The number of benzene rings is 1. The third-order valence-electron chi connectivity index (χ3n) is 3.17. The van der Waals surface area contributed by atoms with Gasteiger partial charge in [0.2, 0.25) is 0 Å². The number of esters is 1. The third kappa shape index (κ3) is 1.99. The quantitative estimate of drug-likeness (QED) is 0.756. The topological polar surface area (TPSA) is 39.2 Å². The van der Waals surface area contributed by atoms with Gasteiger partial charge in [-0.1, -0.05) is 24.3 Å². The molecule has 2 aromatic rings. The molecule has 0 saturated heterocycles. The summed E-state index contributed by atoms with van der Waals surface area (Å²) in [5.41, 5.74) is 2.67. The molecule has 0 N–H and O–H groups in total. The number of hydrogen-bond donors (Lipinski definition) is 0. The maximum atomic E-state index is 12.0. The van der Waals surface area contributed by atoms with E-state index in [2.05, 4.69) is 4.98 Å². The van der Waals surface area contributed by atoms with Gasteiger partial charge in [-0.15, -0.1) is 0 Å². The van der Waals surface area contributed by atoms with Crippen molar-refractivity contribution in [1.29, 1.82) is 0 Å². The minimum Gasteiger partial charge on any atom is -0.452 e. The Morgan fingerprint density at radius 1 is 1.17 bits per heavy atom. The van der Waals surface area contributed by atoms with Crippen molar-refractivity contribution < 1.29 is 9.53 Å². The van der Waals surface area contributed by atoms with Gasteiger partial charge >= 0.3 is 5.97 Å². The summed E-state index contributed by atoms with van der Waals surface area (Å²) in [6.45, 7) is 0. The maximum Gasteiger partial charge on any atom is 0.338 e.